The molecule has 0 amide bonds. The number of benzene rings is 1. The number of ketones is 1. The van der Waals surface area contributed by atoms with E-state index in [1.165, 1.54) is 11.8 Å². The van der Waals surface area contributed by atoms with Crippen molar-refractivity contribution in [2.45, 2.75) is 32.0 Å². The van der Waals surface area contributed by atoms with E-state index in [2.05, 4.69) is 19.7 Å². The van der Waals surface area contributed by atoms with Gasteiger partial charge in [0.2, 0.25) is 0 Å². The van der Waals surface area contributed by atoms with Crippen LogP contribution in [0.4, 0.5) is 0 Å². The predicted molar refractivity (Wildman–Crippen MR) is 117 cm³/mol. The van der Waals surface area contributed by atoms with Crippen molar-refractivity contribution >= 4 is 28.4 Å². The van der Waals surface area contributed by atoms with Crippen molar-refractivity contribution in [3.63, 3.8) is 0 Å². The number of aryl methyl sites for hydroxylation is 1. The molecule has 0 aliphatic heterocycles. The Labute approximate surface area is 178 Å². The fourth-order valence-electron chi connectivity index (χ4n) is 3.62. The first-order chi connectivity index (χ1) is 14.6. The summed E-state index contributed by atoms with van der Waals surface area (Å²) in [5.41, 5.74) is 4.68. The fourth-order valence-corrected chi connectivity index (χ4v) is 4.27. The quantitative estimate of drug-likeness (QED) is 0.239. The molecule has 4 aromatic rings. The van der Waals surface area contributed by atoms with Crippen LogP contribution in [0.2, 0.25) is 0 Å². The summed E-state index contributed by atoms with van der Waals surface area (Å²) < 4.78 is 13.1. The third-order valence-corrected chi connectivity index (χ3v) is 5.98. The summed E-state index contributed by atoms with van der Waals surface area (Å²) in [5, 5.41) is 9.66. The maximum atomic E-state index is 12.8. The van der Waals surface area contributed by atoms with Crippen LogP contribution < -0.4 is 0 Å². The molecule has 1 N–H and O–H groups in total. The lowest BCUT2D eigenvalue weighted by Gasteiger charge is -2.09. The number of ether oxygens (including phenoxy) is 1. The molecule has 156 valence electrons. The van der Waals surface area contributed by atoms with Crippen LogP contribution in [0.25, 0.3) is 22.4 Å². The van der Waals surface area contributed by atoms with E-state index in [0.29, 0.717) is 17.7 Å². The standard InChI is InChI=1S/C22H24N4O3S/c1-14-11-17(15(2)26(14)9-6-10-28-3)20(27)13-30-22-25-24-21(29-22)18-12-23-19-8-5-4-7-16(18)19/h4-5,7-8,11-12,23H,6,9-10,13H2,1-3H3. The number of rotatable bonds is 9. The van der Waals surface area contributed by atoms with Crippen molar-refractivity contribution in [2.24, 2.45) is 0 Å². The van der Waals surface area contributed by atoms with Gasteiger partial charge in [-0.3, -0.25) is 4.79 Å². The third-order valence-electron chi connectivity index (χ3n) is 5.16. The number of H-pyrrole nitrogens is 1. The molecule has 30 heavy (non-hydrogen) atoms. The Kier molecular flexibility index (Phi) is 6.06. The molecule has 0 bridgehead atoms. The van der Waals surface area contributed by atoms with Crippen LogP contribution >= 0.6 is 11.8 Å². The van der Waals surface area contributed by atoms with Crippen LogP contribution in [0.15, 0.2) is 46.2 Å². The van der Waals surface area contributed by atoms with Crippen LogP contribution in [0.5, 0.6) is 0 Å². The van der Waals surface area contributed by atoms with Crippen molar-refractivity contribution in [2.75, 3.05) is 19.5 Å². The highest BCUT2D eigenvalue weighted by atomic mass is 32.2. The normalized spacial score (nSPS) is 11.4. The smallest absolute Gasteiger partial charge is 0.277 e. The first kappa shape index (κ1) is 20.4. The lowest BCUT2D eigenvalue weighted by Crippen LogP contribution is -2.08. The number of Topliss-reactive ketones (excluding diaryl/α,β-unsaturated/α-hetero) is 1. The van der Waals surface area contributed by atoms with Gasteiger partial charge in [0.15, 0.2) is 5.78 Å². The zero-order valence-corrected chi connectivity index (χ0v) is 18.1. The topological polar surface area (TPSA) is 85.9 Å². The average Bonchev–Trinajstić information content (AvgIpc) is 3.45. The predicted octanol–water partition coefficient (Wildman–Crippen LogP) is 4.65. The van der Waals surface area contributed by atoms with Crippen LogP contribution in [-0.2, 0) is 11.3 Å². The minimum Gasteiger partial charge on any atom is -0.411 e. The van der Waals surface area contributed by atoms with E-state index in [9.17, 15) is 4.79 Å². The number of fused-ring (bicyclic) bond motifs is 1. The summed E-state index contributed by atoms with van der Waals surface area (Å²) in [5.74, 6) is 0.745. The molecule has 0 saturated heterocycles. The van der Waals surface area contributed by atoms with Crippen LogP contribution in [0.1, 0.15) is 28.2 Å². The number of nitrogens with zero attached hydrogens (tertiary/aromatic N) is 3. The SMILES string of the molecule is COCCCn1c(C)cc(C(=O)CSc2nnc(-c3c[nH]c4ccccc34)o2)c1C. The molecule has 7 nitrogen and oxygen atoms in total. The summed E-state index contributed by atoms with van der Waals surface area (Å²) in [6, 6.07) is 9.89. The van der Waals surface area contributed by atoms with Crippen molar-refractivity contribution in [3.8, 4) is 11.5 Å². The van der Waals surface area contributed by atoms with Gasteiger partial charge in [0, 0.05) is 54.3 Å². The molecule has 1 aromatic carbocycles. The molecule has 0 aliphatic carbocycles. The number of hydrogen-bond donors (Lipinski definition) is 1. The second-order valence-electron chi connectivity index (χ2n) is 7.12. The van der Waals surface area contributed by atoms with Crippen LogP contribution in [0, 0.1) is 13.8 Å². The summed E-state index contributed by atoms with van der Waals surface area (Å²) in [4.78, 5) is 16.0. The molecule has 0 spiro atoms. The number of carbonyl (C=O) groups excluding carboxylic acids is 1. The molecule has 0 fully saturated rings. The van der Waals surface area contributed by atoms with Crippen molar-refractivity contribution in [1.82, 2.24) is 19.7 Å². The van der Waals surface area contributed by atoms with Gasteiger partial charge < -0.3 is 18.7 Å². The third kappa shape index (κ3) is 4.06. The van der Waals surface area contributed by atoms with Crippen LogP contribution in [-0.4, -0.2) is 45.0 Å². The van der Waals surface area contributed by atoms with E-state index >= 15 is 0 Å². The summed E-state index contributed by atoms with van der Waals surface area (Å²) >= 11 is 1.26. The number of para-hydroxylation sites is 1. The van der Waals surface area contributed by atoms with E-state index in [-0.39, 0.29) is 11.5 Å². The Morgan fingerprint density at radius 3 is 2.93 bits per heavy atom. The number of thioether (sulfide) groups is 1. The second kappa shape index (κ2) is 8.89. The summed E-state index contributed by atoms with van der Waals surface area (Å²) in [6.07, 6.45) is 2.77. The molecule has 0 atom stereocenters. The lowest BCUT2D eigenvalue weighted by molar-refractivity contribution is 0.102. The maximum Gasteiger partial charge on any atom is 0.277 e. The molecule has 8 heteroatoms. The highest BCUT2D eigenvalue weighted by molar-refractivity contribution is 7.99. The Morgan fingerprint density at radius 1 is 1.27 bits per heavy atom. The maximum absolute atomic E-state index is 12.8. The van der Waals surface area contributed by atoms with Crippen molar-refractivity contribution in [1.29, 1.82) is 0 Å². The van der Waals surface area contributed by atoms with Gasteiger partial charge >= 0.3 is 0 Å². The Hall–Kier alpha value is -2.84. The number of nitrogens with one attached hydrogen (secondary N) is 1. The number of hydrogen-bond acceptors (Lipinski definition) is 6. The van der Waals surface area contributed by atoms with Crippen LogP contribution in [0.3, 0.4) is 0 Å². The number of aromatic nitrogens is 4. The second-order valence-corrected chi connectivity index (χ2v) is 8.04. The molecule has 0 radical (unpaired) electrons. The molecule has 0 aliphatic rings. The molecule has 3 aromatic heterocycles. The highest BCUT2D eigenvalue weighted by Gasteiger charge is 2.18. The van der Waals surface area contributed by atoms with Gasteiger partial charge in [-0.15, -0.1) is 10.2 Å². The number of methoxy groups -OCH3 is 1. The van der Waals surface area contributed by atoms with E-state index < -0.39 is 0 Å². The Bertz CT molecular complexity index is 1170. The van der Waals surface area contributed by atoms with Crippen molar-refractivity contribution in [3.05, 3.63) is 53.5 Å². The summed E-state index contributed by atoms with van der Waals surface area (Å²) in [6.45, 7) is 5.55. The Morgan fingerprint density at radius 2 is 2.10 bits per heavy atom. The minimum absolute atomic E-state index is 0.0536. The number of aromatic amines is 1. The first-order valence-corrected chi connectivity index (χ1v) is 10.8. The highest BCUT2D eigenvalue weighted by Crippen LogP contribution is 2.30. The van der Waals surface area contributed by atoms with E-state index in [1.54, 1.807) is 7.11 Å². The number of carbonyl (C=O) groups is 1. The van der Waals surface area contributed by atoms with Gasteiger partial charge in [0.1, 0.15) is 0 Å². The van der Waals surface area contributed by atoms with Gasteiger partial charge in [-0.25, -0.2) is 0 Å². The fraction of sp³-hybridized carbons (Fsp3) is 0.318. The Balaban J connectivity index is 1.43. The molecule has 3 heterocycles. The summed E-state index contributed by atoms with van der Waals surface area (Å²) in [7, 11) is 1.70. The van der Waals surface area contributed by atoms with E-state index in [4.69, 9.17) is 9.15 Å². The zero-order valence-electron chi connectivity index (χ0n) is 17.3. The van der Waals surface area contributed by atoms with Gasteiger partial charge in [0.25, 0.3) is 11.1 Å². The first-order valence-electron chi connectivity index (χ1n) is 9.80. The minimum atomic E-state index is 0.0536. The monoisotopic (exact) mass is 424 g/mol. The molecule has 0 unspecified atom stereocenters. The van der Waals surface area contributed by atoms with E-state index in [0.717, 1.165) is 46.4 Å². The zero-order chi connectivity index (χ0) is 21.1. The molecular formula is C22H24N4O3S. The van der Waals surface area contributed by atoms with Gasteiger partial charge in [-0.1, -0.05) is 30.0 Å². The molecular weight excluding hydrogens is 400 g/mol. The van der Waals surface area contributed by atoms with Gasteiger partial charge in [0.05, 0.1) is 11.3 Å². The molecule has 0 saturated carbocycles. The lowest BCUT2D eigenvalue weighted by atomic mass is 10.2. The molecule has 4 rings (SSSR count). The largest absolute Gasteiger partial charge is 0.411 e. The van der Waals surface area contributed by atoms with Crippen molar-refractivity contribution < 1.29 is 13.9 Å². The van der Waals surface area contributed by atoms with E-state index in [1.807, 2.05) is 50.4 Å². The van der Waals surface area contributed by atoms with Gasteiger partial charge in [-0.05, 0) is 32.4 Å². The average molecular weight is 425 g/mol. The van der Waals surface area contributed by atoms with Gasteiger partial charge in [-0.2, -0.15) is 0 Å².